The van der Waals surface area contributed by atoms with Crippen molar-refractivity contribution in [3.8, 4) is 12.3 Å². The van der Waals surface area contributed by atoms with E-state index in [0.29, 0.717) is 24.7 Å². The summed E-state index contributed by atoms with van der Waals surface area (Å²) < 4.78 is 4.63. The highest BCUT2D eigenvalue weighted by Crippen LogP contribution is 2.68. The number of benzene rings is 1. The number of aryl methyl sites for hydroxylation is 1. The standard InChI is InChI=1S/C22H26N2O3/c1-5-22(23-20(26)27-4)10-15(11-22)19(25)24-12-17-18(21(17,3)13-24)16-9-7-6-8-14(16)2/h1,6-9,15,17-18H,10-13H2,2-4H3,(H,23,26)/t15-,17-,18-,21-,22+/m0/s1. The third kappa shape index (κ3) is 2.70. The summed E-state index contributed by atoms with van der Waals surface area (Å²) >= 11 is 0. The molecule has 0 radical (unpaired) electrons. The highest BCUT2D eigenvalue weighted by Gasteiger charge is 2.67. The Hall–Kier alpha value is -2.48. The second kappa shape index (κ2) is 6.02. The van der Waals surface area contributed by atoms with Crippen LogP contribution in [0.3, 0.4) is 0 Å². The van der Waals surface area contributed by atoms with E-state index in [-0.39, 0.29) is 17.2 Å². The van der Waals surface area contributed by atoms with Gasteiger partial charge in [0.2, 0.25) is 5.91 Å². The van der Waals surface area contributed by atoms with Gasteiger partial charge in [-0.25, -0.2) is 4.79 Å². The number of hydrogen-bond donors (Lipinski definition) is 1. The van der Waals surface area contributed by atoms with E-state index in [1.807, 2.05) is 4.90 Å². The number of hydrogen-bond acceptors (Lipinski definition) is 3. The molecule has 3 fully saturated rings. The summed E-state index contributed by atoms with van der Waals surface area (Å²) in [5, 5.41) is 2.70. The van der Waals surface area contributed by atoms with E-state index in [9.17, 15) is 9.59 Å². The van der Waals surface area contributed by atoms with E-state index in [1.165, 1.54) is 18.2 Å². The first-order valence-electron chi connectivity index (χ1n) is 9.52. The van der Waals surface area contributed by atoms with E-state index in [4.69, 9.17) is 6.42 Å². The van der Waals surface area contributed by atoms with E-state index < -0.39 is 11.6 Å². The lowest BCUT2D eigenvalue weighted by molar-refractivity contribution is -0.139. The molecule has 3 atom stereocenters. The van der Waals surface area contributed by atoms with Crippen molar-refractivity contribution in [2.75, 3.05) is 20.2 Å². The molecule has 1 heterocycles. The second-order valence-electron chi connectivity index (χ2n) is 8.61. The highest BCUT2D eigenvalue weighted by atomic mass is 16.5. The number of amides is 2. The fourth-order valence-electron chi connectivity index (χ4n) is 5.30. The van der Waals surface area contributed by atoms with Crippen LogP contribution in [0.1, 0.15) is 36.8 Å². The molecule has 1 N–H and O–H groups in total. The quantitative estimate of drug-likeness (QED) is 0.837. The number of fused-ring (bicyclic) bond motifs is 1. The minimum atomic E-state index is -0.746. The van der Waals surface area contributed by atoms with Gasteiger partial charge in [-0.3, -0.25) is 4.79 Å². The number of likely N-dealkylation sites (tertiary alicyclic amines) is 1. The molecule has 1 aromatic carbocycles. The number of carbonyl (C=O) groups is 2. The lowest BCUT2D eigenvalue weighted by Gasteiger charge is -2.44. The Kier molecular flexibility index (Phi) is 3.99. The Bertz CT molecular complexity index is 836. The summed E-state index contributed by atoms with van der Waals surface area (Å²) in [6, 6.07) is 8.57. The van der Waals surface area contributed by atoms with E-state index >= 15 is 0 Å². The molecule has 4 rings (SSSR count). The minimum Gasteiger partial charge on any atom is -0.453 e. The molecule has 0 bridgehead atoms. The van der Waals surface area contributed by atoms with Crippen molar-refractivity contribution in [1.82, 2.24) is 10.2 Å². The number of carbonyl (C=O) groups excluding carboxylic acids is 2. The molecule has 1 aliphatic heterocycles. The molecule has 0 aromatic heterocycles. The van der Waals surface area contributed by atoms with Crippen LogP contribution < -0.4 is 5.32 Å². The molecule has 1 saturated heterocycles. The number of methoxy groups -OCH3 is 1. The molecular formula is C22H26N2O3. The first-order chi connectivity index (χ1) is 12.8. The topological polar surface area (TPSA) is 58.6 Å². The average Bonchev–Trinajstić information content (AvgIpc) is 3.01. The number of ether oxygens (including phenoxy) is 1. The first kappa shape index (κ1) is 17.9. The van der Waals surface area contributed by atoms with Gasteiger partial charge >= 0.3 is 6.09 Å². The molecule has 142 valence electrons. The van der Waals surface area contributed by atoms with Crippen LogP contribution >= 0.6 is 0 Å². The lowest BCUT2D eigenvalue weighted by atomic mass is 9.68. The smallest absolute Gasteiger partial charge is 0.408 e. The molecular weight excluding hydrogens is 340 g/mol. The third-order valence-corrected chi connectivity index (χ3v) is 6.98. The molecule has 5 heteroatoms. The largest absolute Gasteiger partial charge is 0.453 e. The average molecular weight is 366 g/mol. The van der Waals surface area contributed by atoms with Crippen molar-refractivity contribution < 1.29 is 14.3 Å². The molecule has 0 unspecified atom stereocenters. The van der Waals surface area contributed by atoms with Crippen molar-refractivity contribution in [3.05, 3.63) is 35.4 Å². The van der Waals surface area contributed by atoms with Gasteiger partial charge in [0.25, 0.3) is 0 Å². The number of nitrogens with zero attached hydrogens (tertiary/aromatic N) is 1. The van der Waals surface area contributed by atoms with Crippen molar-refractivity contribution in [2.24, 2.45) is 17.3 Å². The second-order valence-corrected chi connectivity index (χ2v) is 8.61. The monoisotopic (exact) mass is 366 g/mol. The minimum absolute atomic E-state index is 0.115. The predicted octanol–water partition coefficient (Wildman–Crippen LogP) is 2.69. The van der Waals surface area contributed by atoms with Crippen LogP contribution in [0.15, 0.2) is 24.3 Å². The van der Waals surface area contributed by atoms with Crippen LogP contribution in [0.5, 0.6) is 0 Å². The highest BCUT2D eigenvalue weighted by molar-refractivity contribution is 5.82. The normalized spacial score (nSPS) is 36.2. The van der Waals surface area contributed by atoms with E-state index in [1.54, 1.807) is 0 Å². The zero-order valence-electron chi connectivity index (χ0n) is 16.1. The first-order valence-corrected chi connectivity index (χ1v) is 9.52. The van der Waals surface area contributed by atoms with Gasteiger partial charge in [0.05, 0.1) is 7.11 Å². The SMILES string of the molecule is C#C[C@]1(NC(=O)OC)C[C@@H](C(=O)N2C[C@H]3[C@H](c4ccccc4C)[C@@]3(C)C2)C1. The molecule has 27 heavy (non-hydrogen) atoms. The van der Waals surface area contributed by atoms with Crippen molar-refractivity contribution in [3.63, 3.8) is 0 Å². The Morgan fingerprint density at radius 3 is 2.59 bits per heavy atom. The van der Waals surface area contributed by atoms with Gasteiger partial charge < -0.3 is 15.0 Å². The van der Waals surface area contributed by atoms with Gasteiger partial charge in [0.15, 0.2) is 0 Å². The fraction of sp³-hybridized carbons (Fsp3) is 0.545. The summed E-state index contributed by atoms with van der Waals surface area (Å²) in [5.74, 6) is 3.78. The molecule has 2 aliphatic carbocycles. The zero-order chi connectivity index (χ0) is 19.4. The summed E-state index contributed by atoms with van der Waals surface area (Å²) in [6.45, 7) is 6.09. The van der Waals surface area contributed by atoms with Crippen LogP contribution in [0, 0.1) is 36.5 Å². The van der Waals surface area contributed by atoms with Gasteiger partial charge in [0.1, 0.15) is 5.54 Å². The number of nitrogens with one attached hydrogen (secondary N) is 1. The number of piperidine rings is 1. The maximum Gasteiger partial charge on any atom is 0.408 e. The summed E-state index contributed by atoms with van der Waals surface area (Å²) in [7, 11) is 1.31. The number of terminal acetylenes is 1. The van der Waals surface area contributed by atoms with Gasteiger partial charge in [-0.15, -0.1) is 6.42 Å². The van der Waals surface area contributed by atoms with Gasteiger partial charge in [-0.2, -0.15) is 0 Å². The summed E-state index contributed by atoms with van der Waals surface area (Å²) in [4.78, 5) is 26.4. The Balaban J connectivity index is 1.37. The summed E-state index contributed by atoms with van der Waals surface area (Å²) in [5.41, 5.74) is 2.19. The maximum absolute atomic E-state index is 12.9. The molecule has 3 aliphatic rings. The van der Waals surface area contributed by atoms with Crippen molar-refractivity contribution >= 4 is 12.0 Å². The van der Waals surface area contributed by atoms with Crippen LogP contribution in [0.4, 0.5) is 4.79 Å². The number of rotatable bonds is 3. The third-order valence-electron chi connectivity index (χ3n) is 6.98. The zero-order valence-corrected chi connectivity index (χ0v) is 16.1. The summed E-state index contributed by atoms with van der Waals surface area (Å²) in [6.07, 6.45) is 6.01. The van der Waals surface area contributed by atoms with E-state index in [0.717, 1.165) is 13.1 Å². The molecule has 0 spiro atoms. The molecule has 5 nitrogen and oxygen atoms in total. The predicted molar refractivity (Wildman–Crippen MR) is 102 cm³/mol. The van der Waals surface area contributed by atoms with Gasteiger partial charge in [0, 0.05) is 19.0 Å². The van der Waals surface area contributed by atoms with Crippen molar-refractivity contribution in [1.29, 1.82) is 0 Å². The Labute approximate surface area is 160 Å². The van der Waals surface area contributed by atoms with Crippen LogP contribution in [-0.2, 0) is 9.53 Å². The molecule has 1 aromatic rings. The molecule has 2 amide bonds. The van der Waals surface area contributed by atoms with E-state index in [2.05, 4.69) is 54.1 Å². The molecule has 2 saturated carbocycles. The lowest BCUT2D eigenvalue weighted by Crippen LogP contribution is -2.59. The van der Waals surface area contributed by atoms with Crippen molar-refractivity contribution in [2.45, 2.75) is 38.1 Å². The van der Waals surface area contributed by atoms with Gasteiger partial charge in [-0.05, 0) is 48.1 Å². The number of alkyl carbamates (subject to hydrolysis) is 1. The van der Waals surface area contributed by atoms with Crippen LogP contribution in [-0.4, -0.2) is 42.6 Å². The van der Waals surface area contributed by atoms with Crippen LogP contribution in [0.2, 0.25) is 0 Å². The maximum atomic E-state index is 12.9. The Morgan fingerprint density at radius 1 is 1.33 bits per heavy atom. The van der Waals surface area contributed by atoms with Gasteiger partial charge in [-0.1, -0.05) is 37.1 Å². The van der Waals surface area contributed by atoms with Crippen LogP contribution in [0.25, 0.3) is 0 Å². The fourth-order valence-corrected chi connectivity index (χ4v) is 5.30. The Morgan fingerprint density at radius 2 is 2.04 bits per heavy atom.